The summed E-state index contributed by atoms with van der Waals surface area (Å²) in [5, 5.41) is 0.951. The molecule has 3 nitrogen and oxygen atoms in total. The van der Waals surface area contributed by atoms with Gasteiger partial charge in [0.1, 0.15) is 0 Å². The number of ketones is 1. The molecule has 20 heavy (non-hydrogen) atoms. The van der Waals surface area contributed by atoms with Crippen LogP contribution in [0.4, 0.5) is 5.13 Å². The van der Waals surface area contributed by atoms with E-state index in [1.807, 2.05) is 7.05 Å². The van der Waals surface area contributed by atoms with Crippen LogP contribution < -0.4 is 4.90 Å². The van der Waals surface area contributed by atoms with Crippen LogP contribution in [0.25, 0.3) is 0 Å². The highest BCUT2D eigenvalue weighted by Gasteiger charge is 2.23. The van der Waals surface area contributed by atoms with Gasteiger partial charge < -0.3 is 4.90 Å². The van der Waals surface area contributed by atoms with Crippen molar-refractivity contribution in [2.45, 2.75) is 32.7 Å². The number of hydrogen-bond acceptors (Lipinski definition) is 4. The Morgan fingerprint density at radius 3 is 2.95 bits per heavy atom. The van der Waals surface area contributed by atoms with Crippen LogP contribution in [0.15, 0.2) is 24.3 Å². The predicted molar refractivity (Wildman–Crippen MR) is 82.7 cm³/mol. The first-order valence-electron chi connectivity index (χ1n) is 6.93. The van der Waals surface area contributed by atoms with Crippen molar-refractivity contribution in [3.8, 4) is 0 Å². The molecule has 1 aromatic heterocycles. The number of benzene rings is 1. The molecular formula is C16H18N2OS. The maximum Gasteiger partial charge on any atom is 0.186 e. The van der Waals surface area contributed by atoms with Gasteiger partial charge in [-0.15, -0.1) is 0 Å². The van der Waals surface area contributed by atoms with Gasteiger partial charge in [-0.25, -0.2) is 4.98 Å². The average molecular weight is 286 g/mol. The summed E-state index contributed by atoms with van der Waals surface area (Å²) in [7, 11) is 2.04. The number of thiazole rings is 1. The van der Waals surface area contributed by atoms with E-state index in [-0.39, 0.29) is 5.78 Å². The second-order valence-corrected chi connectivity index (χ2v) is 6.37. The van der Waals surface area contributed by atoms with Crippen molar-refractivity contribution in [1.29, 1.82) is 0 Å². The molecule has 3 rings (SSSR count). The van der Waals surface area contributed by atoms with Crippen molar-refractivity contribution >= 4 is 22.3 Å². The van der Waals surface area contributed by atoms with Gasteiger partial charge in [0, 0.05) is 20.0 Å². The standard InChI is InChI=1S/C16H18N2OS/c1-11-5-3-6-12(9-11)10-18(2)16-17-13-7-4-8-14(19)15(13)20-16/h3,5-6,9H,4,7-8,10H2,1-2H3. The highest BCUT2D eigenvalue weighted by molar-refractivity contribution is 7.17. The number of fused-ring (bicyclic) bond motifs is 1. The normalized spacial score (nSPS) is 14.2. The van der Waals surface area contributed by atoms with E-state index in [4.69, 9.17) is 0 Å². The molecule has 1 heterocycles. The van der Waals surface area contributed by atoms with E-state index in [0.29, 0.717) is 6.42 Å². The minimum absolute atomic E-state index is 0.263. The molecule has 0 bridgehead atoms. The van der Waals surface area contributed by atoms with Crippen LogP contribution in [0.1, 0.15) is 39.3 Å². The third-order valence-corrected chi connectivity index (χ3v) is 4.84. The Morgan fingerprint density at radius 2 is 2.20 bits per heavy atom. The minimum atomic E-state index is 0.263. The molecule has 4 heteroatoms. The molecule has 0 amide bonds. The predicted octanol–water partition coefficient (Wildman–Crippen LogP) is 3.61. The lowest BCUT2D eigenvalue weighted by molar-refractivity contribution is 0.0976. The number of rotatable bonds is 3. The van der Waals surface area contributed by atoms with Crippen molar-refractivity contribution < 1.29 is 4.79 Å². The zero-order valence-corrected chi connectivity index (χ0v) is 12.7. The van der Waals surface area contributed by atoms with Gasteiger partial charge in [0.2, 0.25) is 0 Å². The van der Waals surface area contributed by atoms with E-state index in [1.54, 1.807) is 11.3 Å². The molecule has 1 aliphatic rings. The zero-order valence-electron chi connectivity index (χ0n) is 11.8. The monoisotopic (exact) mass is 286 g/mol. The van der Waals surface area contributed by atoms with Gasteiger partial charge in [-0.1, -0.05) is 41.2 Å². The Labute approximate surface area is 123 Å². The van der Waals surface area contributed by atoms with Gasteiger partial charge in [0.15, 0.2) is 10.9 Å². The summed E-state index contributed by atoms with van der Waals surface area (Å²) < 4.78 is 0. The molecule has 0 radical (unpaired) electrons. The van der Waals surface area contributed by atoms with Crippen molar-refractivity contribution in [2.75, 3.05) is 11.9 Å². The third kappa shape index (κ3) is 2.61. The van der Waals surface area contributed by atoms with Crippen LogP contribution in [-0.4, -0.2) is 17.8 Å². The first-order chi connectivity index (χ1) is 9.63. The van der Waals surface area contributed by atoms with Crippen molar-refractivity contribution in [3.63, 3.8) is 0 Å². The van der Waals surface area contributed by atoms with E-state index >= 15 is 0 Å². The molecule has 1 aliphatic carbocycles. The van der Waals surface area contributed by atoms with Crippen molar-refractivity contribution in [3.05, 3.63) is 46.0 Å². The fourth-order valence-electron chi connectivity index (χ4n) is 2.57. The summed E-state index contributed by atoms with van der Waals surface area (Å²) in [5.74, 6) is 0.263. The largest absolute Gasteiger partial charge is 0.347 e. The molecular weight excluding hydrogens is 268 g/mol. The van der Waals surface area contributed by atoms with Crippen LogP contribution in [0.5, 0.6) is 0 Å². The molecule has 0 saturated carbocycles. The second-order valence-electron chi connectivity index (χ2n) is 5.39. The molecule has 0 N–H and O–H groups in total. The Balaban J connectivity index is 1.81. The fourth-order valence-corrected chi connectivity index (χ4v) is 3.61. The van der Waals surface area contributed by atoms with Gasteiger partial charge in [-0.05, 0) is 25.3 Å². The SMILES string of the molecule is Cc1cccc(CN(C)c2nc3c(s2)C(=O)CCC3)c1. The lowest BCUT2D eigenvalue weighted by Crippen LogP contribution is -2.16. The lowest BCUT2D eigenvalue weighted by Gasteiger charge is -2.15. The van der Waals surface area contributed by atoms with Gasteiger partial charge in [0.05, 0.1) is 10.6 Å². The van der Waals surface area contributed by atoms with E-state index in [0.717, 1.165) is 35.1 Å². The smallest absolute Gasteiger partial charge is 0.186 e. The first-order valence-corrected chi connectivity index (χ1v) is 7.75. The van der Waals surface area contributed by atoms with Crippen LogP contribution in [-0.2, 0) is 13.0 Å². The Kier molecular flexibility index (Phi) is 3.57. The van der Waals surface area contributed by atoms with Crippen LogP contribution in [0, 0.1) is 6.92 Å². The maximum absolute atomic E-state index is 11.9. The minimum Gasteiger partial charge on any atom is -0.347 e. The Bertz CT molecular complexity index is 648. The molecule has 0 atom stereocenters. The maximum atomic E-state index is 11.9. The first kappa shape index (κ1) is 13.3. The van der Waals surface area contributed by atoms with E-state index in [9.17, 15) is 4.79 Å². The van der Waals surface area contributed by atoms with Gasteiger partial charge in [-0.2, -0.15) is 0 Å². The summed E-state index contributed by atoms with van der Waals surface area (Å²) in [6.45, 7) is 2.92. The number of carbonyl (C=O) groups is 1. The van der Waals surface area contributed by atoms with Gasteiger partial charge in [-0.3, -0.25) is 4.79 Å². The number of Topliss-reactive ketones (excluding diaryl/α,β-unsaturated/α-hetero) is 1. The molecule has 1 aromatic carbocycles. The summed E-state index contributed by atoms with van der Waals surface area (Å²) in [5.41, 5.74) is 3.54. The summed E-state index contributed by atoms with van der Waals surface area (Å²) >= 11 is 1.54. The number of carbonyl (C=O) groups excluding carboxylic acids is 1. The van der Waals surface area contributed by atoms with Crippen LogP contribution in [0.2, 0.25) is 0 Å². The van der Waals surface area contributed by atoms with E-state index in [1.165, 1.54) is 11.1 Å². The number of aryl methyl sites for hydroxylation is 2. The highest BCUT2D eigenvalue weighted by Crippen LogP contribution is 2.31. The van der Waals surface area contributed by atoms with Crippen LogP contribution in [0.3, 0.4) is 0 Å². The zero-order chi connectivity index (χ0) is 14.1. The summed E-state index contributed by atoms with van der Waals surface area (Å²) in [6, 6.07) is 8.50. The second kappa shape index (κ2) is 5.37. The summed E-state index contributed by atoms with van der Waals surface area (Å²) in [6.07, 6.45) is 2.56. The van der Waals surface area contributed by atoms with Gasteiger partial charge in [0.25, 0.3) is 0 Å². The van der Waals surface area contributed by atoms with Crippen LogP contribution >= 0.6 is 11.3 Å². The molecule has 0 fully saturated rings. The number of nitrogens with zero attached hydrogens (tertiary/aromatic N) is 2. The number of anilines is 1. The van der Waals surface area contributed by atoms with Crippen molar-refractivity contribution in [2.24, 2.45) is 0 Å². The molecule has 104 valence electrons. The van der Waals surface area contributed by atoms with Gasteiger partial charge >= 0.3 is 0 Å². The summed E-state index contributed by atoms with van der Waals surface area (Å²) in [4.78, 5) is 19.5. The number of aromatic nitrogens is 1. The molecule has 0 spiro atoms. The Hall–Kier alpha value is -1.68. The third-order valence-electron chi connectivity index (χ3n) is 3.59. The fraction of sp³-hybridized carbons (Fsp3) is 0.375. The molecule has 0 saturated heterocycles. The van der Waals surface area contributed by atoms with E-state index in [2.05, 4.69) is 41.1 Å². The topological polar surface area (TPSA) is 33.2 Å². The highest BCUT2D eigenvalue weighted by atomic mass is 32.1. The lowest BCUT2D eigenvalue weighted by atomic mass is 10.0. The molecule has 2 aromatic rings. The molecule has 0 unspecified atom stereocenters. The van der Waals surface area contributed by atoms with Crippen molar-refractivity contribution in [1.82, 2.24) is 4.98 Å². The quantitative estimate of drug-likeness (QED) is 0.864. The van der Waals surface area contributed by atoms with E-state index < -0.39 is 0 Å². The Morgan fingerprint density at radius 1 is 1.35 bits per heavy atom. The molecule has 0 aliphatic heterocycles. The number of hydrogen-bond donors (Lipinski definition) is 0. The average Bonchev–Trinajstić information content (AvgIpc) is 2.84.